The molecule has 1 rings (SSSR count). The summed E-state index contributed by atoms with van der Waals surface area (Å²) in [6.07, 6.45) is 2.49. The predicted octanol–water partition coefficient (Wildman–Crippen LogP) is 2.70. The molecule has 70 valence electrons. The van der Waals surface area contributed by atoms with E-state index in [1.807, 2.05) is 13.0 Å². The Morgan fingerprint density at radius 2 is 2.38 bits per heavy atom. The van der Waals surface area contributed by atoms with Gasteiger partial charge in [-0.3, -0.25) is 0 Å². The van der Waals surface area contributed by atoms with Crippen LogP contribution < -0.4 is 5.73 Å². The van der Waals surface area contributed by atoms with E-state index in [-0.39, 0.29) is 6.04 Å². The largest absolute Gasteiger partial charge is 0.324 e. The van der Waals surface area contributed by atoms with Gasteiger partial charge in [-0.2, -0.15) is 0 Å². The van der Waals surface area contributed by atoms with E-state index in [0.717, 1.165) is 17.6 Å². The van der Waals surface area contributed by atoms with Gasteiger partial charge in [-0.05, 0) is 25.0 Å². The number of nitrogens with zero attached hydrogens (tertiary/aromatic N) is 1. The first-order valence-corrected chi connectivity index (χ1v) is 4.49. The molecule has 1 aromatic rings. The van der Waals surface area contributed by atoms with Crippen molar-refractivity contribution in [1.29, 1.82) is 0 Å². The van der Waals surface area contributed by atoms with Crippen LogP contribution in [0.4, 0.5) is 0 Å². The van der Waals surface area contributed by atoms with Gasteiger partial charge < -0.3 is 5.73 Å². The smallest absolute Gasteiger partial charge is 0.129 e. The van der Waals surface area contributed by atoms with Gasteiger partial charge in [0.2, 0.25) is 0 Å². The normalized spacial score (nSPS) is 12.5. The van der Waals surface area contributed by atoms with E-state index in [2.05, 4.69) is 11.6 Å². The van der Waals surface area contributed by atoms with Gasteiger partial charge in [0, 0.05) is 12.2 Å². The van der Waals surface area contributed by atoms with Crippen LogP contribution in [-0.2, 0) is 0 Å². The number of rotatable bonds is 3. The molecule has 0 spiro atoms. The van der Waals surface area contributed by atoms with Gasteiger partial charge in [0.05, 0.1) is 0 Å². The fraction of sp³-hybridized carbons (Fsp3) is 0.300. The van der Waals surface area contributed by atoms with Crippen molar-refractivity contribution in [1.82, 2.24) is 4.98 Å². The summed E-state index contributed by atoms with van der Waals surface area (Å²) >= 11 is 5.65. The first-order chi connectivity index (χ1) is 6.09. The summed E-state index contributed by atoms with van der Waals surface area (Å²) in [4.78, 5) is 3.96. The molecule has 3 heteroatoms. The van der Waals surface area contributed by atoms with Crippen molar-refractivity contribution in [3.05, 3.63) is 41.2 Å². The molecule has 0 saturated carbocycles. The Balaban J connectivity index is 2.71. The van der Waals surface area contributed by atoms with E-state index in [1.165, 1.54) is 0 Å². The second kappa shape index (κ2) is 4.40. The van der Waals surface area contributed by atoms with Crippen molar-refractivity contribution in [3.63, 3.8) is 0 Å². The lowest BCUT2D eigenvalue weighted by Crippen LogP contribution is -2.10. The summed E-state index contributed by atoms with van der Waals surface area (Å²) in [5.41, 5.74) is 7.97. The molecule has 0 aromatic carbocycles. The number of nitrogens with two attached hydrogens (primary N) is 1. The second-order valence-corrected chi connectivity index (χ2v) is 3.57. The molecule has 0 aliphatic rings. The highest BCUT2D eigenvalue weighted by molar-refractivity contribution is 6.29. The van der Waals surface area contributed by atoms with Crippen LogP contribution in [0.15, 0.2) is 30.5 Å². The Bertz CT molecular complexity index is 292. The molecule has 0 saturated heterocycles. The van der Waals surface area contributed by atoms with E-state index >= 15 is 0 Å². The quantitative estimate of drug-likeness (QED) is 0.597. The van der Waals surface area contributed by atoms with Crippen LogP contribution in [0.25, 0.3) is 0 Å². The number of pyridine rings is 1. The summed E-state index contributed by atoms with van der Waals surface area (Å²) in [5.74, 6) is 0. The summed E-state index contributed by atoms with van der Waals surface area (Å²) in [6.45, 7) is 5.77. The van der Waals surface area contributed by atoms with E-state index in [9.17, 15) is 0 Å². The second-order valence-electron chi connectivity index (χ2n) is 3.18. The van der Waals surface area contributed by atoms with Gasteiger partial charge in [0.15, 0.2) is 0 Å². The first kappa shape index (κ1) is 10.2. The lowest BCUT2D eigenvalue weighted by atomic mass is 10.0. The van der Waals surface area contributed by atoms with Crippen LogP contribution in [0.2, 0.25) is 5.15 Å². The van der Waals surface area contributed by atoms with Gasteiger partial charge in [0.25, 0.3) is 0 Å². The molecule has 0 amide bonds. The summed E-state index contributed by atoms with van der Waals surface area (Å²) in [7, 11) is 0. The molecule has 0 fully saturated rings. The van der Waals surface area contributed by atoms with Crippen molar-refractivity contribution in [2.24, 2.45) is 5.73 Å². The average molecular weight is 197 g/mol. The fourth-order valence-electron chi connectivity index (χ4n) is 1.10. The summed E-state index contributed by atoms with van der Waals surface area (Å²) in [6, 6.07) is 3.61. The Labute approximate surface area is 83.4 Å². The lowest BCUT2D eigenvalue weighted by molar-refractivity contribution is 0.713. The van der Waals surface area contributed by atoms with Gasteiger partial charge in [0.1, 0.15) is 5.15 Å². The number of hydrogen-bond donors (Lipinski definition) is 1. The molecular weight excluding hydrogens is 184 g/mol. The lowest BCUT2D eigenvalue weighted by Gasteiger charge is -2.10. The van der Waals surface area contributed by atoms with Crippen LogP contribution in [0, 0.1) is 0 Å². The Morgan fingerprint density at radius 1 is 1.69 bits per heavy atom. The third-order valence-corrected chi connectivity index (χ3v) is 1.97. The van der Waals surface area contributed by atoms with Crippen molar-refractivity contribution in [2.75, 3.05) is 0 Å². The van der Waals surface area contributed by atoms with Crippen LogP contribution >= 0.6 is 11.6 Å². The zero-order valence-electron chi connectivity index (χ0n) is 7.63. The average Bonchev–Trinajstić information content (AvgIpc) is 2.04. The molecule has 13 heavy (non-hydrogen) atoms. The summed E-state index contributed by atoms with van der Waals surface area (Å²) in [5, 5.41) is 0.492. The number of hydrogen-bond acceptors (Lipinski definition) is 2. The number of halogens is 1. The topological polar surface area (TPSA) is 38.9 Å². The maximum atomic E-state index is 5.90. The number of aromatic nitrogens is 1. The third kappa shape index (κ3) is 3.17. The van der Waals surface area contributed by atoms with Crippen molar-refractivity contribution >= 4 is 11.6 Å². The molecule has 1 aromatic heterocycles. The molecule has 0 bridgehead atoms. The molecule has 0 radical (unpaired) electrons. The zero-order chi connectivity index (χ0) is 9.84. The fourth-order valence-corrected chi connectivity index (χ4v) is 1.21. The maximum absolute atomic E-state index is 5.90. The van der Waals surface area contributed by atoms with E-state index < -0.39 is 0 Å². The van der Waals surface area contributed by atoms with Crippen LogP contribution in [0.5, 0.6) is 0 Å². The highest BCUT2D eigenvalue weighted by Crippen LogP contribution is 2.17. The highest BCUT2D eigenvalue weighted by atomic mass is 35.5. The van der Waals surface area contributed by atoms with Crippen molar-refractivity contribution in [2.45, 2.75) is 19.4 Å². The molecule has 2 N–H and O–H groups in total. The van der Waals surface area contributed by atoms with Gasteiger partial charge in [-0.15, -0.1) is 6.58 Å². The Kier molecular flexibility index (Phi) is 3.46. The van der Waals surface area contributed by atoms with Crippen molar-refractivity contribution in [3.8, 4) is 0 Å². The van der Waals surface area contributed by atoms with Crippen molar-refractivity contribution < 1.29 is 0 Å². The minimum Gasteiger partial charge on any atom is -0.324 e. The molecule has 2 nitrogen and oxygen atoms in total. The minimum absolute atomic E-state index is 0.0257. The highest BCUT2D eigenvalue weighted by Gasteiger charge is 2.05. The third-order valence-electron chi connectivity index (χ3n) is 1.75. The minimum atomic E-state index is -0.0257. The molecule has 0 aliphatic carbocycles. The first-order valence-electron chi connectivity index (χ1n) is 4.11. The molecule has 1 heterocycles. The Morgan fingerprint density at radius 3 is 2.85 bits per heavy atom. The van der Waals surface area contributed by atoms with E-state index in [0.29, 0.717) is 5.15 Å². The predicted molar refractivity (Wildman–Crippen MR) is 55.6 cm³/mol. The Hall–Kier alpha value is -0.860. The van der Waals surface area contributed by atoms with Crippen LogP contribution in [-0.4, -0.2) is 4.98 Å². The maximum Gasteiger partial charge on any atom is 0.129 e. The molecular formula is C10H13ClN2. The molecule has 0 unspecified atom stereocenters. The van der Waals surface area contributed by atoms with Crippen LogP contribution in [0.1, 0.15) is 24.9 Å². The van der Waals surface area contributed by atoms with E-state index in [1.54, 1.807) is 12.3 Å². The molecule has 1 atom stereocenters. The SMILES string of the molecule is C=C(C)C[C@H](N)c1ccc(Cl)nc1. The molecule has 0 aliphatic heterocycles. The standard InChI is InChI=1S/C10H13ClN2/c1-7(2)5-9(12)8-3-4-10(11)13-6-8/h3-4,6,9H,1,5,12H2,2H3/t9-/m0/s1. The van der Waals surface area contributed by atoms with E-state index in [4.69, 9.17) is 17.3 Å². The summed E-state index contributed by atoms with van der Waals surface area (Å²) < 4.78 is 0. The monoisotopic (exact) mass is 196 g/mol. The van der Waals surface area contributed by atoms with Gasteiger partial charge in [-0.25, -0.2) is 4.98 Å². The van der Waals surface area contributed by atoms with Gasteiger partial charge in [-0.1, -0.05) is 23.2 Å². The zero-order valence-corrected chi connectivity index (χ0v) is 8.38. The van der Waals surface area contributed by atoms with Crippen LogP contribution in [0.3, 0.4) is 0 Å². The van der Waals surface area contributed by atoms with Gasteiger partial charge >= 0.3 is 0 Å².